The molecule has 1 aliphatic rings. The van der Waals surface area contributed by atoms with Crippen LogP contribution in [0.15, 0.2) is 53.4 Å². The van der Waals surface area contributed by atoms with Gasteiger partial charge in [-0.3, -0.25) is 4.79 Å². The Labute approximate surface area is 183 Å². The molecule has 0 bridgehead atoms. The summed E-state index contributed by atoms with van der Waals surface area (Å²) < 4.78 is 33.0. The Morgan fingerprint density at radius 2 is 2.00 bits per heavy atom. The number of nitrogens with one attached hydrogen (secondary N) is 1. The Bertz CT molecular complexity index is 982. The summed E-state index contributed by atoms with van der Waals surface area (Å²) in [5.41, 5.74) is 1.01. The second-order valence-corrected chi connectivity index (χ2v) is 9.71. The molecular weight excluding hydrogens is 424 g/mol. The van der Waals surface area contributed by atoms with Gasteiger partial charge < -0.3 is 10.1 Å². The molecule has 0 spiro atoms. The summed E-state index contributed by atoms with van der Waals surface area (Å²) in [7, 11) is -3.75. The lowest BCUT2D eigenvalue weighted by molar-refractivity contribution is -0.126. The summed E-state index contributed by atoms with van der Waals surface area (Å²) in [6.07, 6.45) is 1.28. The van der Waals surface area contributed by atoms with Gasteiger partial charge >= 0.3 is 0 Å². The fourth-order valence-electron chi connectivity index (χ4n) is 3.59. The molecule has 162 valence electrons. The lowest BCUT2D eigenvalue weighted by Crippen LogP contribution is -2.45. The smallest absolute Gasteiger partial charge is 0.243 e. The number of nitrogens with zero attached hydrogens (tertiary/aromatic N) is 1. The molecule has 30 heavy (non-hydrogen) atoms. The highest BCUT2D eigenvalue weighted by Crippen LogP contribution is 2.30. The number of rotatable bonds is 7. The van der Waals surface area contributed by atoms with E-state index in [2.05, 4.69) is 5.32 Å². The normalized spacial score (nSPS) is 18.6. The molecule has 1 saturated heterocycles. The highest BCUT2D eigenvalue weighted by atomic mass is 35.5. The van der Waals surface area contributed by atoms with E-state index >= 15 is 0 Å². The Morgan fingerprint density at radius 3 is 2.67 bits per heavy atom. The standard InChI is InChI=1S/C22H27ClN2O4S/c1-3-29-21-12-11-19(14-20(21)23)30(27,28)25-13-7-10-18(15-25)22(26)24-16(2)17-8-5-4-6-9-17/h4-6,8-9,11-12,14,16,18H,3,7,10,13,15H2,1-2H3,(H,24,26)/t16-,18-/m0/s1. The number of ether oxygens (including phenoxy) is 1. The largest absolute Gasteiger partial charge is 0.492 e. The molecule has 1 amide bonds. The van der Waals surface area contributed by atoms with Crippen LogP contribution in [-0.4, -0.2) is 38.3 Å². The Hall–Kier alpha value is -2.09. The van der Waals surface area contributed by atoms with Crippen molar-refractivity contribution in [2.45, 2.75) is 37.6 Å². The van der Waals surface area contributed by atoms with E-state index in [0.717, 1.165) is 5.56 Å². The number of carbonyl (C=O) groups is 1. The van der Waals surface area contributed by atoms with Crippen molar-refractivity contribution >= 4 is 27.5 Å². The van der Waals surface area contributed by atoms with Gasteiger partial charge in [-0.05, 0) is 50.5 Å². The van der Waals surface area contributed by atoms with Gasteiger partial charge in [0.15, 0.2) is 0 Å². The second-order valence-electron chi connectivity index (χ2n) is 7.37. The molecule has 0 unspecified atom stereocenters. The van der Waals surface area contributed by atoms with Crippen molar-refractivity contribution in [2.75, 3.05) is 19.7 Å². The highest BCUT2D eigenvalue weighted by Gasteiger charge is 2.34. The molecule has 1 aliphatic heterocycles. The molecule has 1 N–H and O–H groups in total. The van der Waals surface area contributed by atoms with Crippen LogP contribution in [0, 0.1) is 5.92 Å². The summed E-state index contributed by atoms with van der Waals surface area (Å²) in [6.45, 7) is 4.73. The number of piperidine rings is 1. The van der Waals surface area contributed by atoms with Gasteiger partial charge in [0.1, 0.15) is 5.75 Å². The molecule has 2 aromatic rings. The van der Waals surface area contributed by atoms with Crippen LogP contribution in [-0.2, 0) is 14.8 Å². The average molecular weight is 451 g/mol. The summed E-state index contributed by atoms with van der Waals surface area (Å²) in [6, 6.07) is 14.0. The van der Waals surface area contributed by atoms with Crippen LogP contribution < -0.4 is 10.1 Å². The van der Waals surface area contributed by atoms with E-state index in [4.69, 9.17) is 16.3 Å². The van der Waals surface area contributed by atoms with Gasteiger partial charge in [0.25, 0.3) is 0 Å². The number of amides is 1. The van der Waals surface area contributed by atoms with E-state index in [1.54, 1.807) is 6.07 Å². The first-order chi connectivity index (χ1) is 14.3. The first-order valence-electron chi connectivity index (χ1n) is 10.1. The Balaban J connectivity index is 1.70. The molecule has 3 rings (SSSR count). The first kappa shape index (κ1) is 22.6. The fraction of sp³-hybridized carbons (Fsp3) is 0.409. The van der Waals surface area contributed by atoms with E-state index in [1.807, 2.05) is 44.2 Å². The van der Waals surface area contributed by atoms with Crippen LogP contribution in [0.2, 0.25) is 5.02 Å². The average Bonchev–Trinajstić information content (AvgIpc) is 2.76. The molecule has 0 saturated carbocycles. The van der Waals surface area contributed by atoms with E-state index in [1.165, 1.54) is 16.4 Å². The van der Waals surface area contributed by atoms with E-state index in [0.29, 0.717) is 31.7 Å². The molecule has 2 aromatic carbocycles. The summed E-state index contributed by atoms with van der Waals surface area (Å²) in [4.78, 5) is 12.9. The van der Waals surface area contributed by atoms with Gasteiger partial charge in [-0.2, -0.15) is 4.31 Å². The number of benzene rings is 2. The van der Waals surface area contributed by atoms with Crippen LogP contribution in [0.4, 0.5) is 0 Å². The molecule has 2 atom stereocenters. The third-order valence-corrected chi connectivity index (χ3v) is 7.41. The predicted octanol–water partition coefficient (Wildman–Crippen LogP) is 4.02. The van der Waals surface area contributed by atoms with Gasteiger partial charge in [0.05, 0.1) is 28.5 Å². The maximum absolute atomic E-state index is 13.1. The molecular formula is C22H27ClN2O4S. The third-order valence-electron chi connectivity index (χ3n) is 5.25. The summed E-state index contributed by atoms with van der Waals surface area (Å²) in [5, 5.41) is 3.26. The SMILES string of the molecule is CCOc1ccc(S(=O)(=O)N2CCC[C@H](C(=O)N[C@@H](C)c3ccccc3)C2)cc1Cl. The molecule has 1 fully saturated rings. The Kier molecular flexibility index (Phi) is 7.39. The first-order valence-corrected chi connectivity index (χ1v) is 11.9. The van der Waals surface area contributed by atoms with E-state index in [-0.39, 0.29) is 28.4 Å². The van der Waals surface area contributed by atoms with Crippen molar-refractivity contribution in [3.8, 4) is 5.75 Å². The summed E-state index contributed by atoms with van der Waals surface area (Å²) in [5.74, 6) is -0.0715. The van der Waals surface area contributed by atoms with E-state index in [9.17, 15) is 13.2 Å². The zero-order valence-corrected chi connectivity index (χ0v) is 18.7. The Morgan fingerprint density at radius 1 is 1.27 bits per heavy atom. The second kappa shape index (κ2) is 9.81. The molecule has 1 heterocycles. The minimum Gasteiger partial charge on any atom is -0.492 e. The van der Waals surface area contributed by atoms with Crippen LogP contribution in [0.3, 0.4) is 0 Å². The van der Waals surface area contributed by atoms with Gasteiger partial charge in [-0.1, -0.05) is 41.9 Å². The molecule has 0 aromatic heterocycles. The third kappa shape index (κ3) is 5.14. The maximum Gasteiger partial charge on any atom is 0.243 e. The monoisotopic (exact) mass is 450 g/mol. The maximum atomic E-state index is 13.1. The molecule has 0 aliphatic carbocycles. The number of carbonyl (C=O) groups excluding carboxylic acids is 1. The van der Waals surface area contributed by atoms with Crippen molar-refractivity contribution in [1.82, 2.24) is 9.62 Å². The van der Waals surface area contributed by atoms with E-state index < -0.39 is 15.9 Å². The quantitative estimate of drug-likeness (QED) is 0.691. The summed E-state index contributed by atoms with van der Waals surface area (Å²) >= 11 is 6.18. The van der Waals surface area contributed by atoms with Crippen molar-refractivity contribution < 1.29 is 17.9 Å². The lowest BCUT2D eigenvalue weighted by Gasteiger charge is -2.32. The van der Waals surface area contributed by atoms with Gasteiger partial charge in [0.2, 0.25) is 15.9 Å². The molecule has 8 heteroatoms. The number of sulfonamides is 1. The van der Waals surface area contributed by atoms with Crippen LogP contribution in [0.1, 0.15) is 38.3 Å². The van der Waals surface area contributed by atoms with Crippen LogP contribution >= 0.6 is 11.6 Å². The van der Waals surface area contributed by atoms with Crippen LogP contribution in [0.25, 0.3) is 0 Å². The van der Waals surface area contributed by atoms with Gasteiger partial charge in [-0.25, -0.2) is 8.42 Å². The number of hydrogen-bond donors (Lipinski definition) is 1. The minimum absolute atomic E-state index is 0.106. The van der Waals surface area contributed by atoms with Crippen LogP contribution in [0.5, 0.6) is 5.75 Å². The van der Waals surface area contributed by atoms with Gasteiger partial charge in [0, 0.05) is 13.1 Å². The molecule has 0 radical (unpaired) electrons. The molecule has 6 nitrogen and oxygen atoms in total. The predicted molar refractivity (Wildman–Crippen MR) is 117 cm³/mol. The topological polar surface area (TPSA) is 75.7 Å². The lowest BCUT2D eigenvalue weighted by atomic mass is 9.98. The van der Waals surface area contributed by atoms with Gasteiger partial charge in [-0.15, -0.1) is 0 Å². The minimum atomic E-state index is -3.75. The zero-order valence-electron chi connectivity index (χ0n) is 17.2. The van der Waals surface area contributed by atoms with Crippen molar-refractivity contribution in [3.63, 3.8) is 0 Å². The zero-order chi connectivity index (χ0) is 21.7. The van der Waals surface area contributed by atoms with Crippen molar-refractivity contribution in [3.05, 3.63) is 59.1 Å². The van der Waals surface area contributed by atoms with Crippen molar-refractivity contribution in [2.24, 2.45) is 5.92 Å². The van der Waals surface area contributed by atoms with Crippen molar-refractivity contribution in [1.29, 1.82) is 0 Å². The fourth-order valence-corrected chi connectivity index (χ4v) is 5.45. The number of halogens is 1. The highest BCUT2D eigenvalue weighted by molar-refractivity contribution is 7.89. The number of hydrogen-bond acceptors (Lipinski definition) is 4.